The number of hydrogen-bond donors (Lipinski definition) is 1. The number of benzene rings is 1. The van der Waals surface area contributed by atoms with Gasteiger partial charge in [0.05, 0.1) is 11.5 Å². The van der Waals surface area contributed by atoms with Gasteiger partial charge in [-0.3, -0.25) is 0 Å². The zero-order valence-electron chi connectivity index (χ0n) is 11.0. The van der Waals surface area contributed by atoms with E-state index in [9.17, 15) is 8.42 Å². The summed E-state index contributed by atoms with van der Waals surface area (Å²) in [6.45, 7) is 4.30. The Morgan fingerprint density at radius 2 is 1.72 bits per heavy atom. The highest BCUT2D eigenvalue weighted by atomic mass is 32.2. The highest BCUT2D eigenvalue weighted by Gasteiger charge is 2.32. The third kappa shape index (κ3) is 2.93. The summed E-state index contributed by atoms with van der Waals surface area (Å²) in [5, 5.41) is 0. The van der Waals surface area contributed by atoms with Crippen LogP contribution in [-0.4, -0.2) is 19.9 Å². The Hall–Kier alpha value is -0.870. The van der Waals surface area contributed by atoms with Gasteiger partial charge in [0.2, 0.25) is 0 Å². The Bertz CT molecular complexity index is 505. The molecule has 1 heterocycles. The lowest BCUT2D eigenvalue weighted by atomic mass is 9.91. The summed E-state index contributed by atoms with van der Waals surface area (Å²) in [6.07, 6.45) is 0.690. The van der Waals surface area contributed by atoms with Gasteiger partial charge < -0.3 is 5.73 Å². The average molecular weight is 267 g/mol. The van der Waals surface area contributed by atoms with Gasteiger partial charge >= 0.3 is 0 Å². The predicted octanol–water partition coefficient (Wildman–Crippen LogP) is 2.24. The van der Waals surface area contributed by atoms with E-state index < -0.39 is 9.84 Å². The zero-order valence-corrected chi connectivity index (χ0v) is 11.8. The third-order valence-electron chi connectivity index (χ3n) is 3.76. The van der Waals surface area contributed by atoms with Crippen LogP contribution in [0.4, 0.5) is 0 Å². The molecule has 0 aromatic heterocycles. The van der Waals surface area contributed by atoms with Crippen LogP contribution < -0.4 is 5.73 Å². The van der Waals surface area contributed by atoms with Crippen molar-refractivity contribution in [2.75, 3.05) is 11.5 Å². The first-order valence-electron chi connectivity index (χ1n) is 6.45. The smallest absolute Gasteiger partial charge is 0.150 e. The predicted molar refractivity (Wildman–Crippen MR) is 74.2 cm³/mol. The summed E-state index contributed by atoms with van der Waals surface area (Å²) in [5.74, 6) is 1.09. The fraction of sp³-hybridized carbons (Fsp3) is 0.571. The topological polar surface area (TPSA) is 60.2 Å². The fourth-order valence-corrected chi connectivity index (χ4v) is 4.34. The Morgan fingerprint density at radius 3 is 2.17 bits per heavy atom. The molecular weight excluding hydrogens is 246 g/mol. The normalized spacial score (nSPS) is 24.3. The molecule has 100 valence electrons. The van der Waals surface area contributed by atoms with E-state index in [1.165, 1.54) is 5.56 Å². The minimum Gasteiger partial charge on any atom is -0.324 e. The molecule has 1 aliphatic heterocycles. The number of hydrogen-bond acceptors (Lipinski definition) is 3. The Labute approximate surface area is 109 Å². The first kappa shape index (κ1) is 13.6. The Morgan fingerprint density at radius 1 is 1.17 bits per heavy atom. The summed E-state index contributed by atoms with van der Waals surface area (Å²) < 4.78 is 22.9. The zero-order chi connectivity index (χ0) is 13.3. The molecule has 0 saturated carbocycles. The lowest BCUT2D eigenvalue weighted by Gasteiger charge is -2.18. The van der Waals surface area contributed by atoms with Crippen molar-refractivity contribution in [2.45, 2.75) is 32.2 Å². The summed E-state index contributed by atoms with van der Waals surface area (Å²) in [7, 11) is -2.85. The summed E-state index contributed by atoms with van der Waals surface area (Å²) in [5.41, 5.74) is 8.51. The van der Waals surface area contributed by atoms with Crippen LogP contribution in [0.15, 0.2) is 24.3 Å². The van der Waals surface area contributed by atoms with Gasteiger partial charge in [-0.1, -0.05) is 38.1 Å². The molecule has 18 heavy (non-hydrogen) atoms. The summed E-state index contributed by atoms with van der Waals surface area (Å²) in [6, 6.07) is 8.08. The second-order valence-electron chi connectivity index (χ2n) is 5.51. The lowest BCUT2D eigenvalue weighted by Crippen LogP contribution is -2.22. The fourth-order valence-electron chi connectivity index (χ4n) is 2.48. The second-order valence-corrected chi connectivity index (χ2v) is 7.74. The van der Waals surface area contributed by atoms with Crippen LogP contribution in [0.5, 0.6) is 0 Å². The van der Waals surface area contributed by atoms with Gasteiger partial charge in [0.15, 0.2) is 9.84 Å². The molecule has 4 heteroatoms. The van der Waals surface area contributed by atoms with Crippen LogP contribution in [-0.2, 0) is 9.84 Å². The van der Waals surface area contributed by atoms with Crippen molar-refractivity contribution in [3.05, 3.63) is 35.4 Å². The molecule has 2 unspecified atom stereocenters. The van der Waals surface area contributed by atoms with E-state index in [1.54, 1.807) is 0 Å². The van der Waals surface area contributed by atoms with Crippen molar-refractivity contribution < 1.29 is 8.42 Å². The van der Waals surface area contributed by atoms with Crippen LogP contribution in [0, 0.1) is 5.92 Å². The molecule has 2 rings (SSSR count). The van der Waals surface area contributed by atoms with Gasteiger partial charge in [0.1, 0.15) is 0 Å². The van der Waals surface area contributed by atoms with Gasteiger partial charge in [-0.25, -0.2) is 8.42 Å². The highest BCUT2D eigenvalue weighted by molar-refractivity contribution is 7.91. The van der Waals surface area contributed by atoms with Crippen LogP contribution in [0.3, 0.4) is 0 Å². The molecule has 1 saturated heterocycles. The molecule has 3 nitrogen and oxygen atoms in total. The summed E-state index contributed by atoms with van der Waals surface area (Å²) in [4.78, 5) is 0. The molecular formula is C14H21NO2S. The van der Waals surface area contributed by atoms with Gasteiger partial charge in [0, 0.05) is 6.04 Å². The molecule has 2 atom stereocenters. The van der Waals surface area contributed by atoms with Crippen molar-refractivity contribution in [1.29, 1.82) is 0 Å². The highest BCUT2D eigenvalue weighted by Crippen LogP contribution is 2.30. The van der Waals surface area contributed by atoms with E-state index in [-0.39, 0.29) is 23.5 Å². The number of rotatable bonds is 3. The van der Waals surface area contributed by atoms with E-state index in [0.29, 0.717) is 12.3 Å². The SMILES string of the molecule is CC(C)c1ccc(C(N)C2CCS(=O)(=O)C2)cc1. The molecule has 0 spiro atoms. The van der Waals surface area contributed by atoms with E-state index in [2.05, 4.69) is 26.0 Å². The van der Waals surface area contributed by atoms with Crippen molar-refractivity contribution in [3.63, 3.8) is 0 Å². The van der Waals surface area contributed by atoms with E-state index >= 15 is 0 Å². The van der Waals surface area contributed by atoms with Crippen molar-refractivity contribution >= 4 is 9.84 Å². The molecule has 1 aliphatic rings. The van der Waals surface area contributed by atoms with Gasteiger partial charge in [-0.05, 0) is 29.4 Å². The molecule has 1 aromatic carbocycles. The molecule has 1 fully saturated rings. The molecule has 1 aromatic rings. The standard InChI is InChI=1S/C14H21NO2S/c1-10(2)11-3-5-12(6-4-11)14(15)13-7-8-18(16,17)9-13/h3-6,10,13-14H,7-9,15H2,1-2H3. The van der Waals surface area contributed by atoms with Crippen LogP contribution in [0.25, 0.3) is 0 Å². The van der Waals surface area contributed by atoms with Crippen molar-refractivity contribution in [2.24, 2.45) is 11.7 Å². The third-order valence-corrected chi connectivity index (χ3v) is 5.56. The minimum absolute atomic E-state index is 0.0694. The van der Waals surface area contributed by atoms with E-state index in [4.69, 9.17) is 5.73 Å². The molecule has 0 bridgehead atoms. The monoisotopic (exact) mass is 267 g/mol. The van der Waals surface area contributed by atoms with Crippen LogP contribution in [0.1, 0.15) is 43.4 Å². The van der Waals surface area contributed by atoms with Gasteiger partial charge in [0.25, 0.3) is 0 Å². The maximum atomic E-state index is 11.5. The molecule has 0 amide bonds. The molecule has 0 radical (unpaired) electrons. The van der Waals surface area contributed by atoms with E-state index in [0.717, 1.165) is 5.56 Å². The van der Waals surface area contributed by atoms with Crippen LogP contribution >= 0.6 is 0 Å². The Kier molecular flexibility index (Phi) is 3.78. The minimum atomic E-state index is -2.85. The molecule has 2 N–H and O–H groups in total. The maximum Gasteiger partial charge on any atom is 0.150 e. The van der Waals surface area contributed by atoms with Gasteiger partial charge in [-0.15, -0.1) is 0 Å². The van der Waals surface area contributed by atoms with Crippen LogP contribution in [0.2, 0.25) is 0 Å². The number of sulfone groups is 1. The van der Waals surface area contributed by atoms with E-state index in [1.807, 2.05) is 12.1 Å². The van der Waals surface area contributed by atoms with Gasteiger partial charge in [-0.2, -0.15) is 0 Å². The second kappa shape index (κ2) is 5.02. The lowest BCUT2D eigenvalue weighted by molar-refractivity contribution is 0.480. The first-order chi connectivity index (χ1) is 8.39. The quantitative estimate of drug-likeness (QED) is 0.913. The largest absolute Gasteiger partial charge is 0.324 e. The average Bonchev–Trinajstić information content (AvgIpc) is 2.69. The molecule has 0 aliphatic carbocycles. The Balaban J connectivity index is 2.12. The maximum absolute atomic E-state index is 11.5. The summed E-state index contributed by atoms with van der Waals surface area (Å²) >= 11 is 0. The first-order valence-corrected chi connectivity index (χ1v) is 8.27. The van der Waals surface area contributed by atoms with Crippen molar-refractivity contribution in [1.82, 2.24) is 0 Å². The number of nitrogens with two attached hydrogens (primary N) is 1. The van der Waals surface area contributed by atoms with Crippen molar-refractivity contribution in [3.8, 4) is 0 Å².